The summed E-state index contributed by atoms with van der Waals surface area (Å²) >= 11 is 18.0. The third-order valence-corrected chi connectivity index (χ3v) is 3.70. The van der Waals surface area contributed by atoms with Gasteiger partial charge in [0.05, 0.1) is 26.8 Å². The highest BCUT2D eigenvalue weighted by atomic mass is 35.5. The van der Waals surface area contributed by atoms with Crippen LogP contribution < -0.4 is 5.43 Å². The Balaban J connectivity index is 2.12. The van der Waals surface area contributed by atoms with Crippen LogP contribution in [-0.4, -0.2) is 12.1 Å². The lowest BCUT2D eigenvalue weighted by Gasteiger charge is -2.04. The maximum Gasteiger partial charge on any atom is 0.272 e. The first kappa shape index (κ1) is 15.8. The highest BCUT2D eigenvalue weighted by Crippen LogP contribution is 2.22. The van der Waals surface area contributed by atoms with Crippen LogP contribution in [0.2, 0.25) is 15.1 Å². The number of aryl methyl sites for hydroxylation is 1. The van der Waals surface area contributed by atoms with Gasteiger partial charge in [0.25, 0.3) is 5.91 Å². The first-order chi connectivity index (χ1) is 9.99. The molecule has 3 nitrogen and oxygen atoms in total. The number of amides is 1. The van der Waals surface area contributed by atoms with E-state index >= 15 is 0 Å². The van der Waals surface area contributed by atoms with E-state index in [9.17, 15) is 4.79 Å². The number of hydrogen-bond donors (Lipinski definition) is 1. The molecule has 0 atom stereocenters. The molecule has 0 saturated heterocycles. The maximum atomic E-state index is 12.0. The van der Waals surface area contributed by atoms with Crippen LogP contribution in [0, 0.1) is 6.92 Å². The summed E-state index contributed by atoms with van der Waals surface area (Å²) < 4.78 is 0. The van der Waals surface area contributed by atoms with Crippen LogP contribution in [0.3, 0.4) is 0 Å². The molecule has 2 aromatic carbocycles. The van der Waals surface area contributed by atoms with Crippen molar-refractivity contribution in [3.8, 4) is 0 Å². The van der Waals surface area contributed by atoms with Gasteiger partial charge in [0.15, 0.2) is 0 Å². The van der Waals surface area contributed by atoms with Crippen LogP contribution in [-0.2, 0) is 0 Å². The van der Waals surface area contributed by atoms with Crippen molar-refractivity contribution in [2.45, 2.75) is 6.92 Å². The molecule has 2 rings (SSSR count). The molecule has 6 heteroatoms. The Labute approximate surface area is 137 Å². The monoisotopic (exact) mass is 340 g/mol. The van der Waals surface area contributed by atoms with E-state index in [1.165, 1.54) is 6.21 Å². The van der Waals surface area contributed by atoms with E-state index in [2.05, 4.69) is 10.5 Å². The fraction of sp³-hybridized carbons (Fsp3) is 0.0667. The van der Waals surface area contributed by atoms with Crippen molar-refractivity contribution in [1.29, 1.82) is 0 Å². The lowest BCUT2D eigenvalue weighted by Crippen LogP contribution is -2.18. The van der Waals surface area contributed by atoms with Crippen LogP contribution in [0.5, 0.6) is 0 Å². The average molecular weight is 342 g/mol. The summed E-state index contributed by atoms with van der Waals surface area (Å²) in [6.45, 7) is 1.89. The predicted octanol–water partition coefficient (Wildman–Crippen LogP) is 4.72. The standard InChI is InChI=1S/C15H11Cl3N2O/c1-9-5-6-10(14(18)7-9)15(21)20-19-8-11-12(16)3-2-4-13(11)17/h2-8H,1H3,(H,20,21)/b19-8+. The molecule has 0 heterocycles. The Kier molecular flexibility index (Phi) is 5.23. The first-order valence-electron chi connectivity index (χ1n) is 6.02. The highest BCUT2D eigenvalue weighted by molar-refractivity contribution is 6.38. The molecule has 2 aromatic rings. The minimum absolute atomic E-state index is 0.352. The lowest BCUT2D eigenvalue weighted by molar-refractivity contribution is 0.0955. The molecule has 1 N–H and O–H groups in total. The molecule has 1 amide bonds. The van der Waals surface area contributed by atoms with Crippen molar-refractivity contribution >= 4 is 46.9 Å². The van der Waals surface area contributed by atoms with Gasteiger partial charge in [0.1, 0.15) is 0 Å². The number of rotatable bonds is 3. The van der Waals surface area contributed by atoms with Gasteiger partial charge in [-0.1, -0.05) is 46.9 Å². The predicted molar refractivity (Wildman–Crippen MR) is 87.7 cm³/mol. The molecule has 0 aliphatic heterocycles. The summed E-state index contributed by atoms with van der Waals surface area (Å²) in [6.07, 6.45) is 1.39. The van der Waals surface area contributed by atoms with Gasteiger partial charge in [0, 0.05) is 5.56 Å². The molecule has 0 unspecified atom stereocenters. The number of hydrazone groups is 1. The molecule has 0 spiro atoms. The van der Waals surface area contributed by atoms with Crippen LogP contribution in [0.15, 0.2) is 41.5 Å². The minimum atomic E-state index is -0.403. The van der Waals surface area contributed by atoms with Crippen molar-refractivity contribution in [3.05, 3.63) is 68.2 Å². The van der Waals surface area contributed by atoms with Crippen molar-refractivity contribution in [2.24, 2.45) is 5.10 Å². The molecule has 21 heavy (non-hydrogen) atoms. The number of benzene rings is 2. The number of hydrogen-bond acceptors (Lipinski definition) is 2. The highest BCUT2D eigenvalue weighted by Gasteiger charge is 2.09. The Morgan fingerprint density at radius 3 is 2.38 bits per heavy atom. The van der Waals surface area contributed by atoms with E-state index in [1.807, 2.05) is 6.92 Å². The quantitative estimate of drug-likeness (QED) is 0.637. The van der Waals surface area contributed by atoms with Crippen molar-refractivity contribution in [3.63, 3.8) is 0 Å². The molecule has 0 radical (unpaired) electrons. The summed E-state index contributed by atoms with van der Waals surface area (Å²) in [4.78, 5) is 12.0. The lowest BCUT2D eigenvalue weighted by atomic mass is 10.1. The summed E-state index contributed by atoms with van der Waals surface area (Å²) in [5.41, 5.74) is 4.26. The van der Waals surface area contributed by atoms with E-state index in [0.717, 1.165) is 5.56 Å². The summed E-state index contributed by atoms with van der Waals surface area (Å²) in [6, 6.07) is 10.3. The summed E-state index contributed by atoms with van der Waals surface area (Å²) in [7, 11) is 0. The third kappa shape index (κ3) is 3.97. The summed E-state index contributed by atoms with van der Waals surface area (Å²) in [5, 5.41) is 5.13. The Hall–Kier alpha value is -1.55. The molecule has 0 aromatic heterocycles. The zero-order valence-corrected chi connectivity index (χ0v) is 13.3. The van der Waals surface area contributed by atoms with Gasteiger partial charge in [-0.05, 0) is 36.8 Å². The van der Waals surface area contributed by atoms with Gasteiger partial charge in [-0.25, -0.2) is 5.43 Å². The van der Waals surface area contributed by atoms with E-state index in [1.54, 1.807) is 36.4 Å². The number of nitrogens with zero attached hydrogens (tertiary/aromatic N) is 1. The van der Waals surface area contributed by atoms with Gasteiger partial charge in [-0.2, -0.15) is 5.10 Å². The van der Waals surface area contributed by atoms with Gasteiger partial charge >= 0.3 is 0 Å². The van der Waals surface area contributed by atoms with Crippen LogP contribution >= 0.6 is 34.8 Å². The topological polar surface area (TPSA) is 41.5 Å². The SMILES string of the molecule is Cc1ccc(C(=O)N/N=C/c2c(Cl)cccc2Cl)c(Cl)c1. The van der Waals surface area contributed by atoms with E-state index < -0.39 is 5.91 Å². The smallest absolute Gasteiger partial charge is 0.267 e. The fourth-order valence-electron chi connectivity index (χ4n) is 1.65. The molecular weight excluding hydrogens is 331 g/mol. The normalized spacial score (nSPS) is 10.9. The van der Waals surface area contributed by atoms with Gasteiger partial charge in [0.2, 0.25) is 0 Å². The Bertz CT molecular complexity index is 694. The zero-order chi connectivity index (χ0) is 15.4. The fourth-order valence-corrected chi connectivity index (χ4v) is 2.47. The van der Waals surface area contributed by atoms with E-state index in [-0.39, 0.29) is 0 Å². The number of carbonyl (C=O) groups excluding carboxylic acids is 1. The second-order valence-corrected chi connectivity index (χ2v) is 5.54. The van der Waals surface area contributed by atoms with Crippen LogP contribution in [0.4, 0.5) is 0 Å². The molecule has 108 valence electrons. The second kappa shape index (κ2) is 6.94. The number of carbonyl (C=O) groups is 1. The van der Waals surface area contributed by atoms with Gasteiger partial charge in [-0.3, -0.25) is 4.79 Å². The van der Waals surface area contributed by atoms with E-state index in [4.69, 9.17) is 34.8 Å². The van der Waals surface area contributed by atoms with Gasteiger partial charge in [-0.15, -0.1) is 0 Å². The maximum absolute atomic E-state index is 12.0. The minimum Gasteiger partial charge on any atom is -0.267 e. The average Bonchev–Trinajstić information content (AvgIpc) is 2.42. The molecular formula is C15H11Cl3N2O. The molecule has 0 fully saturated rings. The number of nitrogens with one attached hydrogen (secondary N) is 1. The molecule has 0 bridgehead atoms. The summed E-state index contributed by atoms with van der Waals surface area (Å²) in [5.74, 6) is -0.403. The van der Waals surface area contributed by atoms with Crippen molar-refractivity contribution in [2.75, 3.05) is 0 Å². The van der Waals surface area contributed by atoms with Gasteiger partial charge < -0.3 is 0 Å². The van der Waals surface area contributed by atoms with Crippen LogP contribution in [0.25, 0.3) is 0 Å². The Morgan fingerprint density at radius 1 is 1.10 bits per heavy atom. The third-order valence-electron chi connectivity index (χ3n) is 2.73. The largest absolute Gasteiger partial charge is 0.272 e. The van der Waals surface area contributed by atoms with Crippen molar-refractivity contribution in [1.82, 2.24) is 5.43 Å². The molecule has 0 aliphatic rings. The Morgan fingerprint density at radius 2 is 1.76 bits per heavy atom. The van der Waals surface area contributed by atoms with Crippen molar-refractivity contribution < 1.29 is 4.79 Å². The second-order valence-electron chi connectivity index (χ2n) is 4.32. The van der Waals surface area contributed by atoms with E-state index in [0.29, 0.717) is 26.2 Å². The zero-order valence-electron chi connectivity index (χ0n) is 11.0. The molecule has 0 aliphatic carbocycles. The number of halogens is 3. The molecule has 0 saturated carbocycles. The first-order valence-corrected chi connectivity index (χ1v) is 7.16. The van der Waals surface area contributed by atoms with Crippen LogP contribution in [0.1, 0.15) is 21.5 Å².